The lowest BCUT2D eigenvalue weighted by Gasteiger charge is -2.24. The van der Waals surface area contributed by atoms with Gasteiger partial charge in [0.1, 0.15) is 0 Å². The summed E-state index contributed by atoms with van der Waals surface area (Å²) < 4.78 is 0. The van der Waals surface area contributed by atoms with Crippen molar-refractivity contribution in [3.63, 3.8) is 0 Å². The van der Waals surface area contributed by atoms with Gasteiger partial charge in [0, 0.05) is 5.56 Å². The fourth-order valence-corrected chi connectivity index (χ4v) is 2.98. The number of hydrogen-bond acceptors (Lipinski definition) is 2. The summed E-state index contributed by atoms with van der Waals surface area (Å²) in [6.45, 7) is 0. The minimum Gasteiger partial charge on any atom is -0.299 e. The molecule has 0 amide bonds. The van der Waals surface area contributed by atoms with Crippen molar-refractivity contribution in [1.29, 1.82) is 0 Å². The van der Waals surface area contributed by atoms with E-state index in [2.05, 4.69) is 36.4 Å². The van der Waals surface area contributed by atoms with Crippen molar-refractivity contribution < 1.29 is 4.79 Å². The predicted octanol–water partition coefficient (Wildman–Crippen LogP) is 4.62. The lowest BCUT2D eigenvalue weighted by molar-refractivity contribution is 0.0875. The molecule has 3 aromatic carbocycles. The van der Waals surface area contributed by atoms with Crippen molar-refractivity contribution >= 4 is 29.0 Å². The van der Waals surface area contributed by atoms with Crippen molar-refractivity contribution in [2.75, 3.05) is 14.1 Å². The number of rotatable bonds is 5. The summed E-state index contributed by atoms with van der Waals surface area (Å²) in [6, 6.07) is 24.0. The lowest BCUT2D eigenvalue weighted by Crippen LogP contribution is -2.37. The van der Waals surface area contributed by atoms with Gasteiger partial charge in [-0.05, 0) is 36.9 Å². The van der Waals surface area contributed by atoms with E-state index in [0.717, 1.165) is 5.56 Å². The Morgan fingerprint density at radius 1 is 0.875 bits per heavy atom. The third kappa shape index (κ3) is 3.84. The number of ketones is 1. The maximum atomic E-state index is 12.9. The Labute approximate surface area is 149 Å². The first-order chi connectivity index (χ1) is 11.2. The molecule has 0 saturated heterocycles. The zero-order valence-corrected chi connectivity index (χ0v) is 14.8. The first-order valence-electron chi connectivity index (χ1n) is 7.89. The van der Waals surface area contributed by atoms with E-state index < -0.39 is 0 Å². The van der Waals surface area contributed by atoms with Gasteiger partial charge in [-0.15, -0.1) is 12.4 Å². The SMILES string of the molecule is CN(C)C(Cc1cccc2ccccc12)C(=O)c1ccccc1.Cl. The summed E-state index contributed by atoms with van der Waals surface area (Å²) in [5.41, 5.74) is 1.98. The van der Waals surface area contributed by atoms with Gasteiger partial charge in [-0.25, -0.2) is 0 Å². The minimum atomic E-state index is -0.164. The molecule has 0 heterocycles. The van der Waals surface area contributed by atoms with Crippen molar-refractivity contribution in [3.05, 3.63) is 83.9 Å². The summed E-state index contributed by atoms with van der Waals surface area (Å²) in [5, 5.41) is 2.44. The van der Waals surface area contributed by atoms with Crippen LogP contribution in [-0.2, 0) is 6.42 Å². The van der Waals surface area contributed by atoms with Crippen molar-refractivity contribution in [2.45, 2.75) is 12.5 Å². The quantitative estimate of drug-likeness (QED) is 0.632. The number of halogens is 1. The Kier molecular flexibility index (Phi) is 6.13. The van der Waals surface area contributed by atoms with Crippen molar-refractivity contribution in [2.24, 2.45) is 0 Å². The van der Waals surface area contributed by atoms with Gasteiger partial charge < -0.3 is 0 Å². The minimum absolute atomic E-state index is 0. The number of benzene rings is 3. The van der Waals surface area contributed by atoms with Gasteiger partial charge in [-0.1, -0.05) is 72.8 Å². The zero-order valence-electron chi connectivity index (χ0n) is 14.0. The second-order valence-corrected chi connectivity index (χ2v) is 6.05. The molecule has 3 aromatic rings. The van der Waals surface area contributed by atoms with Crippen LogP contribution in [0.25, 0.3) is 10.8 Å². The molecule has 0 aliphatic heterocycles. The molecule has 0 fully saturated rings. The molecule has 0 aliphatic carbocycles. The molecule has 24 heavy (non-hydrogen) atoms. The second-order valence-electron chi connectivity index (χ2n) is 6.05. The van der Waals surface area contributed by atoms with Gasteiger partial charge in [0.05, 0.1) is 6.04 Å². The van der Waals surface area contributed by atoms with Gasteiger partial charge in [0.15, 0.2) is 5.78 Å². The second kappa shape index (κ2) is 8.09. The Balaban J connectivity index is 0.00000208. The highest BCUT2D eigenvalue weighted by Crippen LogP contribution is 2.22. The van der Waals surface area contributed by atoms with Crippen LogP contribution in [0.2, 0.25) is 0 Å². The largest absolute Gasteiger partial charge is 0.299 e. The Hall–Kier alpha value is -2.16. The molecule has 3 rings (SSSR count). The number of carbonyl (C=O) groups excluding carboxylic acids is 1. The summed E-state index contributed by atoms with van der Waals surface area (Å²) >= 11 is 0. The summed E-state index contributed by atoms with van der Waals surface area (Å²) in [6.07, 6.45) is 0.710. The van der Waals surface area contributed by atoms with Gasteiger partial charge >= 0.3 is 0 Å². The monoisotopic (exact) mass is 339 g/mol. The van der Waals surface area contributed by atoms with Gasteiger partial charge in [0.25, 0.3) is 0 Å². The van der Waals surface area contributed by atoms with Gasteiger partial charge in [-0.3, -0.25) is 9.69 Å². The highest BCUT2D eigenvalue weighted by Gasteiger charge is 2.23. The van der Waals surface area contributed by atoms with Crippen LogP contribution in [0.15, 0.2) is 72.8 Å². The van der Waals surface area contributed by atoms with E-state index in [-0.39, 0.29) is 24.2 Å². The number of hydrogen-bond donors (Lipinski definition) is 0. The molecule has 0 spiro atoms. The van der Waals surface area contributed by atoms with E-state index in [0.29, 0.717) is 6.42 Å². The molecule has 0 saturated carbocycles. The number of nitrogens with zero attached hydrogens (tertiary/aromatic N) is 1. The first kappa shape index (κ1) is 18.2. The third-order valence-electron chi connectivity index (χ3n) is 4.28. The van der Waals surface area contributed by atoms with E-state index >= 15 is 0 Å². The fourth-order valence-electron chi connectivity index (χ4n) is 2.98. The van der Waals surface area contributed by atoms with Crippen LogP contribution in [-0.4, -0.2) is 30.8 Å². The van der Waals surface area contributed by atoms with Gasteiger partial charge in [-0.2, -0.15) is 0 Å². The number of carbonyl (C=O) groups is 1. The number of Topliss-reactive ketones (excluding diaryl/α,β-unsaturated/α-hetero) is 1. The predicted molar refractivity (Wildman–Crippen MR) is 103 cm³/mol. The van der Waals surface area contributed by atoms with E-state index in [9.17, 15) is 4.79 Å². The van der Waals surface area contributed by atoms with Crippen LogP contribution in [0.1, 0.15) is 15.9 Å². The molecule has 3 heteroatoms. The number of likely N-dealkylation sites (N-methyl/N-ethyl adjacent to an activating group) is 1. The maximum Gasteiger partial charge on any atom is 0.180 e. The normalized spacial score (nSPS) is 12.0. The molecule has 1 unspecified atom stereocenters. The van der Waals surface area contributed by atoms with Crippen LogP contribution in [0, 0.1) is 0 Å². The molecule has 124 valence electrons. The Morgan fingerprint density at radius 2 is 1.50 bits per heavy atom. The molecule has 0 aliphatic rings. The molecule has 0 radical (unpaired) electrons. The Morgan fingerprint density at radius 3 is 2.21 bits per heavy atom. The molecule has 0 aromatic heterocycles. The van der Waals surface area contributed by atoms with Crippen LogP contribution in [0.4, 0.5) is 0 Å². The smallest absolute Gasteiger partial charge is 0.180 e. The van der Waals surface area contributed by atoms with Crippen LogP contribution < -0.4 is 0 Å². The molecule has 0 N–H and O–H groups in total. The van der Waals surface area contributed by atoms with Crippen molar-refractivity contribution in [3.8, 4) is 0 Å². The molecule has 1 atom stereocenters. The third-order valence-corrected chi connectivity index (χ3v) is 4.28. The molecular formula is C21H22ClNO. The summed E-state index contributed by atoms with van der Waals surface area (Å²) in [5.74, 6) is 0.170. The lowest BCUT2D eigenvalue weighted by atomic mass is 9.94. The summed E-state index contributed by atoms with van der Waals surface area (Å²) in [4.78, 5) is 14.9. The van der Waals surface area contributed by atoms with E-state index in [1.165, 1.54) is 16.3 Å². The van der Waals surface area contributed by atoms with Gasteiger partial charge in [0.2, 0.25) is 0 Å². The Bertz CT molecular complexity index is 809. The molecule has 2 nitrogen and oxygen atoms in total. The highest BCUT2D eigenvalue weighted by atomic mass is 35.5. The highest BCUT2D eigenvalue weighted by molar-refractivity contribution is 6.00. The summed E-state index contributed by atoms with van der Waals surface area (Å²) in [7, 11) is 3.94. The van der Waals surface area contributed by atoms with Crippen LogP contribution in [0.5, 0.6) is 0 Å². The molecular weight excluding hydrogens is 318 g/mol. The maximum absolute atomic E-state index is 12.9. The molecule has 0 bridgehead atoms. The number of fused-ring (bicyclic) bond motifs is 1. The standard InChI is InChI=1S/C21H21NO.ClH/c1-22(2)20(21(23)17-10-4-3-5-11-17)15-18-13-8-12-16-9-6-7-14-19(16)18;/h3-14,20H,15H2,1-2H3;1H. The average molecular weight is 340 g/mol. The van der Waals surface area contributed by atoms with E-state index in [1.54, 1.807) is 0 Å². The first-order valence-corrected chi connectivity index (χ1v) is 7.89. The van der Waals surface area contributed by atoms with Crippen molar-refractivity contribution in [1.82, 2.24) is 4.90 Å². The van der Waals surface area contributed by atoms with E-state index in [1.807, 2.05) is 55.4 Å². The zero-order chi connectivity index (χ0) is 16.2. The average Bonchev–Trinajstić information content (AvgIpc) is 2.59. The fraction of sp³-hybridized carbons (Fsp3) is 0.190. The van der Waals surface area contributed by atoms with Crippen LogP contribution in [0.3, 0.4) is 0 Å². The van der Waals surface area contributed by atoms with Crippen LogP contribution >= 0.6 is 12.4 Å². The van der Waals surface area contributed by atoms with E-state index in [4.69, 9.17) is 0 Å². The topological polar surface area (TPSA) is 20.3 Å².